The molecule has 0 aromatic rings. The quantitative estimate of drug-likeness (QED) is 0.442. The predicted octanol–water partition coefficient (Wildman–Crippen LogP) is 1.10. The highest BCUT2D eigenvalue weighted by molar-refractivity contribution is 5.69. The Kier molecular flexibility index (Phi) is 1.47. The maximum absolute atomic E-state index is 10.5. The highest BCUT2D eigenvalue weighted by atomic mass is 16.5. The molecule has 1 aliphatic heterocycles. The molecule has 8 heavy (non-hydrogen) atoms. The molecule has 1 heterocycles. The lowest BCUT2D eigenvalue weighted by atomic mass is 10.2. The molecule has 1 saturated heterocycles. The average molecular weight is 115 g/mol. The summed E-state index contributed by atoms with van der Waals surface area (Å²) < 4.78 is 12.0. The van der Waals surface area contributed by atoms with Crippen LogP contribution in [0.2, 0.25) is 0 Å². The molecule has 0 aliphatic carbocycles. The van der Waals surface area contributed by atoms with E-state index in [0.29, 0.717) is 25.9 Å². The summed E-state index contributed by atoms with van der Waals surface area (Å²) >= 11 is 0. The van der Waals surface area contributed by atoms with E-state index in [1.54, 1.807) is 0 Å². The predicted molar refractivity (Wildman–Crippen MR) is 29.4 cm³/mol. The van der Waals surface area contributed by atoms with E-state index < -0.39 is 0 Å². The van der Waals surface area contributed by atoms with Gasteiger partial charge in [-0.05, 0) is 19.2 Å². The Balaban J connectivity index is 2.34. The zero-order valence-electron chi connectivity index (χ0n) is 5.72. The summed E-state index contributed by atoms with van der Waals surface area (Å²) in [5.74, 6) is -0.148. The lowest BCUT2D eigenvalue weighted by Gasteiger charge is -1.93. The lowest BCUT2D eigenvalue weighted by molar-refractivity contribution is -0.142. The van der Waals surface area contributed by atoms with Crippen LogP contribution in [-0.4, -0.2) is 12.6 Å². The Bertz CT molecular complexity index is 114. The van der Waals surface area contributed by atoms with Crippen molar-refractivity contribution in [1.29, 1.82) is 0 Å². The van der Waals surface area contributed by atoms with Gasteiger partial charge in [-0.25, -0.2) is 0 Å². The summed E-state index contributed by atoms with van der Waals surface area (Å²) in [4.78, 5) is 10.5. The van der Waals surface area contributed by atoms with Gasteiger partial charge in [0.1, 0.15) is 0 Å². The van der Waals surface area contributed by atoms with Gasteiger partial charge in [-0.3, -0.25) is 4.79 Å². The highest BCUT2D eigenvalue weighted by Gasteiger charge is 2.05. The van der Waals surface area contributed by atoms with Crippen molar-refractivity contribution in [3.63, 3.8) is 0 Å². The zero-order chi connectivity index (χ0) is 6.69. The Morgan fingerprint density at radius 1 is 1.62 bits per heavy atom. The van der Waals surface area contributed by atoms with Crippen molar-refractivity contribution in [2.24, 2.45) is 0 Å². The van der Waals surface area contributed by atoms with Gasteiger partial charge >= 0.3 is 5.97 Å². The van der Waals surface area contributed by atoms with Crippen molar-refractivity contribution in [3.05, 3.63) is 0 Å². The number of ether oxygens (including phenoxy) is 1. The highest BCUT2D eigenvalue weighted by Crippen LogP contribution is 2.06. The minimum absolute atomic E-state index is 0.0866. The van der Waals surface area contributed by atoms with Crippen molar-refractivity contribution >= 4 is 5.97 Å². The van der Waals surface area contributed by atoms with Crippen LogP contribution in [0.3, 0.4) is 0 Å². The third kappa shape index (κ3) is 1.52. The van der Waals surface area contributed by atoms with Crippen molar-refractivity contribution < 1.29 is 10.9 Å². The Labute approximate surface area is 50.2 Å². The monoisotopic (exact) mass is 115 g/mol. The van der Waals surface area contributed by atoms with Gasteiger partial charge in [0, 0.05) is 7.79 Å². The summed E-state index contributed by atoms with van der Waals surface area (Å²) in [7, 11) is 0. The molecule has 46 valence electrons. The SMILES string of the molecule is [2H]C1CCOC(=O)CC1. The third-order valence-corrected chi connectivity index (χ3v) is 1.14. The van der Waals surface area contributed by atoms with Crippen LogP contribution < -0.4 is 0 Å². The number of carbonyl (C=O) groups is 1. The van der Waals surface area contributed by atoms with E-state index in [1.165, 1.54) is 0 Å². The number of esters is 1. The number of carbonyl (C=O) groups excluding carboxylic acids is 1. The van der Waals surface area contributed by atoms with Crippen LogP contribution in [0.4, 0.5) is 0 Å². The van der Waals surface area contributed by atoms with Gasteiger partial charge in [0.05, 0.1) is 6.61 Å². The Morgan fingerprint density at radius 3 is 3.38 bits per heavy atom. The summed E-state index contributed by atoms with van der Waals surface area (Å²) in [6.07, 6.45) is 1.70. The van der Waals surface area contributed by atoms with Crippen LogP contribution >= 0.6 is 0 Å². The normalized spacial score (nSPS) is 32.8. The molecule has 1 atom stereocenters. The molecule has 0 radical (unpaired) electrons. The van der Waals surface area contributed by atoms with Crippen LogP contribution in [0.15, 0.2) is 0 Å². The summed E-state index contributed by atoms with van der Waals surface area (Å²) in [6.45, 7) is 0.438. The number of hydrogen-bond donors (Lipinski definition) is 0. The first kappa shape index (κ1) is 4.36. The molecule has 1 aliphatic rings. The van der Waals surface area contributed by atoms with E-state index in [4.69, 9.17) is 6.11 Å². The van der Waals surface area contributed by atoms with Crippen LogP contribution in [0, 0.1) is 0 Å². The zero-order valence-corrected chi connectivity index (χ0v) is 4.72. The average Bonchev–Trinajstić information content (AvgIpc) is 1.97. The maximum Gasteiger partial charge on any atom is 0.305 e. The second kappa shape index (κ2) is 2.70. The van der Waals surface area contributed by atoms with Crippen molar-refractivity contribution in [3.8, 4) is 0 Å². The first-order valence-electron chi connectivity index (χ1n) is 3.44. The van der Waals surface area contributed by atoms with E-state index in [1.807, 2.05) is 0 Å². The maximum atomic E-state index is 10.5. The Hall–Kier alpha value is -0.530. The molecule has 1 fully saturated rings. The second-order valence-electron chi connectivity index (χ2n) is 1.84. The second-order valence-corrected chi connectivity index (χ2v) is 1.84. The van der Waals surface area contributed by atoms with Gasteiger partial charge in [-0.1, -0.05) is 0 Å². The minimum Gasteiger partial charge on any atom is -0.466 e. The van der Waals surface area contributed by atoms with Crippen molar-refractivity contribution in [2.45, 2.75) is 25.7 Å². The van der Waals surface area contributed by atoms with Gasteiger partial charge < -0.3 is 4.74 Å². The molecule has 0 N–H and O–H groups in total. The molecule has 1 rings (SSSR count). The van der Waals surface area contributed by atoms with Gasteiger partial charge in [-0.2, -0.15) is 0 Å². The van der Waals surface area contributed by atoms with Crippen LogP contribution in [0.25, 0.3) is 0 Å². The summed E-state index contributed by atoms with van der Waals surface area (Å²) in [5.41, 5.74) is 0. The van der Waals surface area contributed by atoms with Gasteiger partial charge in [-0.15, -0.1) is 0 Å². The van der Waals surface area contributed by atoms with Crippen LogP contribution in [-0.2, 0) is 9.53 Å². The number of hydrogen-bond acceptors (Lipinski definition) is 2. The van der Waals surface area contributed by atoms with E-state index in [9.17, 15) is 4.79 Å². The first-order valence-corrected chi connectivity index (χ1v) is 2.87. The number of rotatable bonds is 0. The number of cyclic esters (lactones) is 1. The van der Waals surface area contributed by atoms with E-state index in [2.05, 4.69) is 0 Å². The standard InChI is InChI=1S/C6H10O2/c7-6-4-2-1-3-5-8-6/h1-5H2/i1D. The Morgan fingerprint density at radius 2 is 2.50 bits per heavy atom. The fourth-order valence-electron chi connectivity index (χ4n) is 0.693. The molecule has 0 spiro atoms. The third-order valence-electron chi connectivity index (χ3n) is 1.14. The molecular formula is C6H10O2. The van der Waals surface area contributed by atoms with Gasteiger partial charge in [0.2, 0.25) is 0 Å². The topological polar surface area (TPSA) is 26.3 Å². The molecule has 0 saturated carbocycles. The summed E-state index contributed by atoms with van der Waals surface area (Å²) in [5, 5.41) is 0. The minimum atomic E-state index is -0.148. The van der Waals surface area contributed by atoms with E-state index in [-0.39, 0.29) is 12.4 Å². The molecule has 0 aromatic heterocycles. The fraction of sp³-hybridized carbons (Fsp3) is 0.833. The molecule has 0 aromatic carbocycles. The first-order chi connectivity index (χ1) is 4.29. The van der Waals surface area contributed by atoms with Gasteiger partial charge in [0.15, 0.2) is 0 Å². The molecule has 1 unspecified atom stereocenters. The van der Waals surface area contributed by atoms with E-state index in [0.717, 1.165) is 0 Å². The van der Waals surface area contributed by atoms with Crippen molar-refractivity contribution in [2.75, 3.05) is 6.61 Å². The fourth-order valence-corrected chi connectivity index (χ4v) is 0.693. The molecule has 2 heteroatoms. The molecule has 2 nitrogen and oxygen atoms in total. The molecule has 0 bridgehead atoms. The summed E-state index contributed by atoms with van der Waals surface area (Å²) in [6, 6.07) is 0. The van der Waals surface area contributed by atoms with Crippen LogP contribution in [0.5, 0.6) is 0 Å². The smallest absolute Gasteiger partial charge is 0.305 e. The lowest BCUT2D eigenvalue weighted by Crippen LogP contribution is -2.00. The van der Waals surface area contributed by atoms with Crippen molar-refractivity contribution in [1.82, 2.24) is 0 Å². The van der Waals surface area contributed by atoms with E-state index >= 15 is 0 Å². The largest absolute Gasteiger partial charge is 0.466 e. The molecular weight excluding hydrogens is 104 g/mol. The molecule has 0 amide bonds. The van der Waals surface area contributed by atoms with Crippen LogP contribution in [0.1, 0.15) is 27.0 Å². The van der Waals surface area contributed by atoms with Gasteiger partial charge in [0.25, 0.3) is 0 Å².